The van der Waals surface area contributed by atoms with E-state index in [1.54, 1.807) is 12.1 Å². The number of rotatable bonds is 8. The lowest BCUT2D eigenvalue weighted by molar-refractivity contribution is 0.172. The third kappa shape index (κ3) is 5.36. The Kier molecular flexibility index (Phi) is 6.71. The topological polar surface area (TPSA) is 62.8 Å². The number of amides is 2. The number of hydrogen-bond acceptors (Lipinski definition) is 4. The van der Waals surface area contributed by atoms with Gasteiger partial charge in [-0.2, -0.15) is 0 Å². The van der Waals surface area contributed by atoms with E-state index in [2.05, 4.69) is 15.5 Å². The summed E-state index contributed by atoms with van der Waals surface area (Å²) in [6, 6.07) is 12.0. The van der Waals surface area contributed by atoms with Crippen molar-refractivity contribution >= 4 is 6.03 Å². The van der Waals surface area contributed by atoms with E-state index in [0.29, 0.717) is 19.5 Å². The lowest BCUT2D eigenvalue weighted by Gasteiger charge is -2.25. The third-order valence-corrected chi connectivity index (χ3v) is 4.77. The van der Waals surface area contributed by atoms with Gasteiger partial charge in [0.15, 0.2) is 11.5 Å². The van der Waals surface area contributed by atoms with Gasteiger partial charge in [-0.1, -0.05) is 24.3 Å². The summed E-state index contributed by atoms with van der Waals surface area (Å²) in [6.07, 6.45) is 1.38. The average molecular weight is 387 g/mol. The van der Waals surface area contributed by atoms with Crippen LogP contribution in [0.5, 0.6) is 11.5 Å². The third-order valence-electron chi connectivity index (χ3n) is 4.77. The average Bonchev–Trinajstić information content (AvgIpc) is 3.16. The molecule has 150 valence electrons. The number of carbonyl (C=O) groups is 1. The second-order valence-electron chi connectivity index (χ2n) is 6.99. The van der Waals surface area contributed by atoms with E-state index in [9.17, 15) is 9.18 Å². The van der Waals surface area contributed by atoms with Crippen molar-refractivity contribution in [1.29, 1.82) is 0 Å². The van der Waals surface area contributed by atoms with E-state index in [-0.39, 0.29) is 24.7 Å². The standard InChI is InChI=1S/C21H26FN3O3/c1-25(2)18(12-16-4-3-5-19-20(16)28-14-27-19)13-24-21(26)23-11-10-15-6-8-17(22)9-7-15/h3-9,18H,10-14H2,1-2H3,(H2,23,24,26)/t18-/m0/s1. The molecule has 0 unspecified atom stereocenters. The number of ether oxygens (including phenoxy) is 2. The van der Waals surface area contributed by atoms with Crippen molar-refractivity contribution < 1.29 is 18.7 Å². The fourth-order valence-corrected chi connectivity index (χ4v) is 3.09. The summed E-state index contributed by atoms with van der Waals surface area (Å²) in [7, 11) is 3.97. The number of para-hydroxylation sites is 1. The van der Waals surface area contributed by atoms with E-state index in [1.807, 2.05) is 32.3 Å². The minimum absolute atomic E-state index is 0.110. The zero-order valence-electron chi connectivity index (χ0n) is 16.2. The van der Waals surface area contributed by atoms with Gasteiger partial charge in [0, 0.05) is 19.1 Å². The van der Waals surface area contributed by atoms with Gasteiger partial charge in [-0.25, -0.2) is 9.18 Å². The van der Waals surface area contributed by atoms with Crippen molar-refractivity contribution in [3.63, 3.8) is 0 Å². The van der Waals surface area contributed by atoms with Crippen LogP contribution in [0, 0.1) is 5.82 Å². The second kappa shape index (κ2) is 9.41. The monoisotopic (exact) mass is 387 g/mol. The highest BCUT2D eigenvalue weighted by molar-refractivity contribution is 5.73. The molecule has 1 aliphatic rings. The van der Waals surface area contributed by atoms with E-state index >= 15 is 0 Å². The normalized spacial score (nSPS) is 13.4. The summed E-state index contributed by atoms with van der Waals surface area (Å²) in [6.45, 7) is 1.23. The van der Waals surface area contributed by atoms with Crippen LogP contribution in [0.15, 0.2) is 42.5 Å². The first-order chi connectivity index (χ1) is 13.5. The van der Waals surface area contributed by atoms with Gasteiger partial charge < -0.3 is 25.0 Å². The number of carbonyl (C=O) groups excluding carboxylic acids is 1. The molecule has 28 heavy (non-hydrogen) atoms. The molecule has 0 saturated carbocycles. The predicted octanol–water partition coefficient (Wildman–Crippen LogP) is 2.57. The molecular weight excluding hydrogens is 361 g/mol. The van der Waals surface area contributed by atoms with Crippen LogP contribution < -0.4 is 20.1 Å². The maximum absolute atomic E-state index is 12.9. The fourth-order valence-electron chi connectivity index (χ4n) is 3.09. The van der Waals surface area contributed by atoms with E-state index in [0.717, 1.165) is 29.0 Å². The number of halogens is 1. The Morgan fingerprint density at radius 1 is 1.14 bits per heavy atom. The smallest absolute Gasteiger partial charge is 0.314 e. The molecule has 0 aliphatic carbocycles. The number of hydrogen-bond donors (Lipinski definition) is 2. The summed E-state index contributed by atoms with van der Waals surface area (Å²) < 4.78 is 23.9. The van der Waals surface area contributed by atoms with Crippen LogP contribution in [0.2, 0.25) is 0 Å². The quantitative estimate of drug-likeness (QED) is 0.731. The molecule has 6 nitrogen and oxygen atoms in total. The van der Waals surface area contributed by atoms with Crippen molar-refractivity contribution in [2.45, 2.75) is 18.9 Å². The molecule has 1 atom stereocenters. The highest BCUT2D eigenvalue weighted by Gasteiger charge is 2.21. The van der Waals surface area contributed by atoms with E-state index < -0.39 is 0 Å². The predicted molar refractivity (Wildman–Crippen MR) is 105 cm³/mol. The largest absolute Gasteiger partial charge is 0.454 e. The summed E-state index contributed by atoms with van der Waals surface area (Å²) >= 11 is 0. The van der Waals surface area contributed by atoms with Crippen LogP contribution >= 0.6 is 0 Å². The summed E-state index contributed by atoms with van der Waals surface area (Å²) in [5.41, 5.74) is 2.04. The molecular formula is C21H26FN3O3. The Morgan fingerprint density at radius 3 is 2.68 bits per heavy atom. The molecule has 3 rings (SSSR count). The second-order valence-corrected chi connectivity index (χ2v) is 6.99. The molecule has 2 amide bonds. The molecule has 0 spiro atoms. The van der Waals surface area contributed by atoms with Gasteiger partial charge in [0.1, 0.15) is 5.82 Å². The SMILES string of the molecule is CN(C)[C@H](CNC(=O)NCCc1ccc(F)cc1)Cc1cccc2c1OCO2. The Morgan fingerprint density at radius 2 is 1.93 bits per heavy atom. The molecule has 2 N–H and O–H groups in total. The van der Waals surface area contributed by atoms with Crippen LogP contribution in [0.1, 0.15) is 11.1 Å². The van der Waals surface area contributed by atoms with E-state index in [1.165, 1.54) is 12.1 Å². The molecule has 0 bridgehead atoms. The van der Waals surface area contributed by atoms with Gasteiger partial charge >= 0.3 is 6.03 Å². The number of likely N-dealkylation sites (N-methyl/N-ethyl adjacent to an activating group) is 1. The molecule has 2 aromatic carbocycles. The Balaban J connectivity index is 1.46. The van der Waals surface area contributed by atoms with Gasteiger partial charge in [-0.05, 0) is 56.3 Å². The number of nitrogens with one attached hydrogen (secondary N) is 2. The molecule has 1 aliphatic heterocycles. The zero-order valence-corrected chi connectivity index (χ0v) is 16.2. The Labute approximate surface area is 164 Å². The van der Waals surface area contributed by atoms with Crippen LogP contribution in [0.3, 0.4) is 0 Å². The Bertz CT molecular complexity index is 796. The van der Waals surface area contributed by atoms with Crippen LogP contribution in [0.4, 0.5) is 9.18 Å². The number of urea groups is 1. The summed E-state index contributed by atoms with van der Waals surface area (Å²) in [5.74, 6) is 1.30. The zero-order chi connectivity index (χ0) is 19.9. The molecule has 0 aromatic heterocycles. The van der Waals surface area contributed by atoms with Crippen molar-refractivity contribution in [2.24, 2.45) is 0 Å². The summed E-state index contributed by atoms with van der Waals surface area (Å²) in [4.78, 5) is 14.2. The van der Waals surface area contributed by atoms with Gasteiger partial charge in [0.25, 0.3) is 0 Å². The first-order valence-electron chi connectivity index (χ1n) is 9.33. The molecule has 0 saturated heterocycles. The molecule has 0 fully saturated rings. The van der Waals surface area contributed by atoms with Crippen molar-refractivity contribution in [1.82, 2.24) is 15.5 Å². The Hall–Kier alpha value is -2.80. The minimum Gasteiger partial charge on any atom is -0.454 e. The molecule has 2 aromatic rings. The molecule has 0 radical (unpaired) electrons. The van der Waals surface area contributed by atoms with E-state index in [4.69, 9.17) is 9.47 Å². The highest BCUT2D eigenvalue weighted by Crippen LogP contribution is 2.36. The van der Waals surface area contributed by atoms with Gasteiger partial charge in [-0.3, -0.25) is 0 Å². The van der Waals surface area contributed by atoms with Crippen LogP contribution in [-0.4, -0.2) is 51.0 Å². The molecule has 1 heterocycles. The van der Waals surface area contributed by atoms with Crippen LogP contribution in [0.25, 0.3) is 0 Å². The van der Waals surface area contributed by atoms with Gasteiger partial charge in [0.05, 0.1) is 0 Å². The maximum atomic E-state index is 12.9. The minimum atomic E-state index is -0.259. The van der Waals surface area contributed by atoms with Crippen molar-refractivity contribution in [2.75, 3.05) is 34.0 Å². The maximum Gasteiger partial charge on any atom is 0.314 e. The first kappa shape index (κ1) is 19.9. The van der Waals surface area contributed by atoms with Gasteiger partial charge in [-0.15, -0.1) is 0 Å². The molecule has 7 heteroatoms. The number of nitrogens with zero attached hydrogens (tertiary/aromatic N) is 1. The van der Waals surface area contributed by atoms with Crippen molar-refractivity contribution in [3.8, 4) is 11.5 Å². The highest BCUT2D eigenvalue weighted by atomic mass is 19.1. The first-order valence-corrected chi connectivity index (χ1v) is 9.33. The lowest BCUT2D eigenvalue weighted by Crippen LogP contribution is -2.45. The van der Waals surface area contributed by atoms with Crippen molar-refractivity contribution in [3.05, 3.63) is 59.4 Å². The lowest BCUT2D eigenvalue weighted by atomic mass is 10.0. The fraction of sp³-hybridized carbons (Fsp3) is 0.381. The number of fused-ring (bicyclic) bond motifs is 1. The summed E-state index contributed by atoms with van der Waals surface area (Å²) in [5, 5.41) is 5.76. The number of benzene rings is 2. The van der Waals surface area contributed by atoms with Crippen LogP contribution in [-0.2, 0) is 12.8 Å². The van der Waals surface area contributed by atoms with Gasteiger partial charge in [0.2, 0.25) is 6.79 Å².